The molecule has 2 bridgehead atoms. The molecule has 0 amide bonds. The summed E-state index contributed by atoms with van der Waals surface area (Å²) in [4.78, 5) is 23.7. The van der Waals surface area contributed by atoms with Crippen molar-refractivity contribution >= 4 is 5.82 Å². The first kappa shape index (κ1) is 19.9. The molecule has 7 heteroatoms. The van der Waals surface area contributed by atoms with Crippen molar-refractivity contribution in [3.05, 3.63) is 76.0 Å². The van der Waals surface area contributed by atoms with Crippen molar-refractivity contribution in [2.75, 3.05) is 25.4 Å². The van der Waals surface area contributed by atoms with Crippen molar-refractivity contribution in [2.45, 2.75) is 31.8 Å². The van der Waals surface area contributed by atoms with E-state index in [1.54, 1.807) is 12.1 Å². The molecule has 5 rings (SSSR count). The molecule has 1 saturated heterocycles. The molecule has 1 fully saturated rings. The summed E-state index contributed by atoms with van der Waals surface area (Å²) in [6, 6.07) is 14.3. The number of likely N-dealkylation sites (tertiary alicyclic amines) is 1. The number of hydrogen-bond donors (Lipinski definition) is 2. The van der Waals surface area contributed by atoms with Crippen LogP contribution in [0.1, 0.15) is 29.2 Å². The van der Waals surface area contributed by atoms with E-state index in [0.29, 0.717) is 29.9 Å². The van der Waals surface area contributed by atoms with Crippen LogP contribution in [0.3, 0.4) is 0 Å². The van der Waals surface area contributed by atoms with Gasteiger partial charge in [0.2, 0.25) is 0 Å². The van der Waals surface area contributed by atoms with Gasteiger partial charge >= 0.3 is 0 Å². The first-order valence-electron chi connectivity index (χ1n) is 10.9. The molecule has 2 aliphatic rings. The molecular formula is C24H28N6O. The first-order valence-corrected chi connectivity index (χ1v) is 10.9. The molecule has 4 heterocycles. The fourth-order valence-electron chi connectivity index (χ4n) is 5.10. The molecule has 2 atom stereocenters. The molecular weight excluding hydrogens is 388 g/mol. The summed E-state index contributed by atoms with van der Waals surface area (Å²) in [7, 11) is 0. The largest absolute Gasteiger partial charge is 0.384 e. The number of nitrogens with zero attached hydrogens (tertiary/aromatic N) is 4. The highest BCUT2D eigenvalue weighted by molar-refractivity contribution is 5.61. The Hall–Kier alpha value is -3.03. The Labute approximate surface area is 181 Å². The highest BCUT2D eigenvalue weighted by Gasteiger charge is 2.34. The molecule has 4 N–H and O–H groups in total. The molecule has 31 heavy (non-hydrogen) atoms. The number of benzene rings is 1. The van der Waals surface area contributed by atoms with Crippen LogP contribution in [-0.2, 0) is 19.5 Å². The van der Waals surface area contributed by atoms with E-state index in [4.69, 9.17) is 11.5 Å². The summed E-state index contributed by atoms with van der Waals surface area (Å²) in [5, 5.41) is 0. The van der Waals surface area contributed by atoms with Gasteiger partial charge in [-0.25, -0.2) is 9.97 Å². The third kappa shape index (κ3) is 4.11. The topological polar surface area (TPSA) is 103 Å². The molecule has 2 aliphatic heterocycles. The van der Waals surface area contributed by atoms with E-state index in [1.807, 2.05) is 4.57 Å². The Balaban J connectivity index is 1.39. The second-order valence-electron chi connectivity index (χ2n) is 8.79. The maximum atomic E-state index is 12.9. The smallest absolute Gasteiger partial charge is 0.251 e. The van der Waals surface area contributed by atoms with Gasteiger partial charge in [-0.15, -0.1) is 0 Å². The Bertz CT molecular complexity index is 1140. The molecule has 0 unspecified atom stereocenters. The monoisotopic (exact) mass is 416 g/mol. The average Bonchev–Trinajstić information content (AvgIpc) is 2.76. The number of nitrogen functional groups attached to an aromatic ring is 1. The summed E-state index contributed by atoms with van der Waals surface area (Å²) >= 11 is 0. The van der Waals surface area contributed by atoms with Crippen LogP contribution in [0.4, 0.5) is 5.82 Å². The highest BCUT2D eigenvalue weighted by atomic mass is 16.1. The third-order valence-electron chi connectivity index (χ3n) is 6.48. The van der Waals surface area contributed by atoms with Crippen LogP contribution < -0.4 is 17.0 Å². The number of nitrogens with two attached hydrogens (primary N) is 2. The predicted octanol–water partition coefficient (Wildman–Crippen LogP) is 2.01. The Morgan fingerprint density at radius 1 is 1.00 bits per heavy atom. The van der Waals surface area contributed by atoms with Crippen LogP contribution in [0, 0.1) is 5.92 Å². The van der Waals surface area contributed by atoms with Crippen molar-refractivity contribution in [2.24, 2.45) is 11.7 Å². The normalized spacial score (nSPS) is 20.4. The number of rotatable bonds is 5. The number of aromatic nitrogens is 3. The SMILES string of the molecule is NCCc1ccc(CN2C[C@@H]3C[C@H](C2)c2cc(-c4cc(N)ncn4)cc(=O)n2C3)cc1. The van der Waals surface area contributed by atoms with Crippen LogP contribution in [0.2, 0.25) is 0 Å². The van der Waals surface area contributed by atoms with Crippen LogP contribution >= 0.6 is 0 Å². The van der Waals surface area contributed by atoms with E-state index in [1.165, 1.54) is 17.5 Å². The van der Waals surface area contributed by atoms with E-state index in [9.17, 15) is 4.79 Å². The highest BCUT2D eigenvalue weighted by Crippen LogP contribution is 2.37. The van der Waals surface area contributed by atoms with Gasteiger partial charge < -0.3 is 16.0 Å². The van der Waals surface area contributed by atoms with Gasteiger partial charge in [0.05, 0.1) is 5.69 Å². The van der Waals surface area contributed by atoms with E-state index < -0.39 is 0 Å². The second-order valence-corrected chi connectivity index (χ2v) is 8.79. The summed E-state index contributed by atoms with van der Waals surface area (Å²) in [6.07, 6.45) is 3.49. The lowest BCUT2D eigenvalue weighted by Crippen LogP contribution is -2.46. The molecule has 160 valence electrons. The zero-order valence-corrected chi connectivity index (χ0v) is 17.6. The molecule has 0 radical (unpaired) electrons. The van der Waals surface area contributed by atoms with Crippen LogP contribution in [0.15, 0.2) is 53.6 Å². The van der Waals surface area contributed by atoms with Crippen molar-refractivity contribution in [3.8, 4) is 11.3 Å². The van der Waals surface area contributed by atoms with E-state index >= 15 is 0 Å². The lowest BCUT2D eigenvalue weighted by Gasteiger charge is -2.43. The quantitative estimate of drug-likeness (QED) is 0.660. The lowest BCUT2D eigenvalue weighted by atomic mass is 9.82. The maximum absolute atomic E-state index is 12.9. The zero-order chi connectivity index (χ0) is 21.4. The molecule has 1 aromatic carbocycles. The Morgan fingerprint density at radius 2 is 1.81 bits per heavy atom. The second kappa shape index (κ2) is 8.24. The molecule has 0 saturated carbocycles. The van der Waals surface area contributed by atoms with Crippen molar-refractivity contribution in [3.63, 3.8) is 0 Å². The average molecular weight is 417 g/mol. The lowest BCUT2D eigenvalue weighted by molar-refractivity contribution is 0.114. The zero-order valence-electron chi connectivity index (χ0n) is 17.6. The molecule has 0 aliphatic carbocycles. The van der Waals surface area contributed by atoms with Gasteiger partial charge in [0.15, 0.2) is 0 Å². The van der Waals surface area contributed by atoms with Crippen molar-refractivity contribution in [1.29, 1.82) is 0 Å². The van der Waals surface area contributed by atoms with Crippen LogP contribution in [0.25, 0.3) is 11.3 Å². The fraction of sp³-hybridized carbons (Fsp3) is 0.375. The van der Waals surface area contributed by atoms with E-state index in [2.05, 4.69) is 45.2 Å². The number of anilines is 1. The Kier molecular flexibility index (Phi) is 5.29. The number of piperidine rings is 1. The standard InChI is InChI=1S/C24H28N6O/c25-6-5-16-1-3-17(4-2-16)11-29-12-18-7-20(14-29)22-8-19(9-24(31)30(22)13-18)21-10-23(26)28-15-27-21/h1-4,8-10,15,18,20H,5-7,11-14,25H2,(H2,26,27,28)/t18-,20+/m0/s1. The Morgan fingerprint density at radius 3 is 2.58 bits per heavy atom. The maximum Gasteiger partial charge on any atom is 0.251 e. The summed E-state index contributed by atoms with van der Waals surface area (Å²) < 4.78 is 1.96. The van der Waals surface area contributed by atoms with E-state index in [-0.39, 0.29) is 5.56 Å². The van der Waals surface area contributed by atoms with Gasteiger partial charge in [-0.3, -0.25) is 9.69 Å². The van der Waals surface area contributed by atoms with Gasteiger partial charge in [0.1, 0.15) is 12.1 Å². The fourth-order valence-corrected chi connectivity index (χ4v) is 5.10. The number of fused-ring (bicyclic) bond motifs is 4. The first-order chi connectivity index (χ1) is 15.1. The minimum absolute atomic E-state index is 0.0447. The minimum atomic E-state index is 0.0447. The number of hydrogen-bond acceptors (Lipinski definition) is 6. The molecule has 3 aromatic rings. The van der Waals surface area contributed by atoms with Gasteiger partial charge in [-0.2, -0.15) is 0 Å². The summed E-state index contributed by atoms with van der Waals surface area (Å²) in [5.74, 6) is 1.25. The van der Waals surface area contributed by atoms with E-state index in [0.717, 1.165) is 50.3 Å². The minimum Gasteiger partial charge on any atom is -0.384 e. The van der Waals surface area contributed by atoms with Gasteiger partial charge in [-0.1, -0.05) is 24.3 Å². The van der Waals surface area contributed by atoms with Crippen LogP contribution in [0.5, 0.6) is 0 Å². The van der Waals surface area contributed by atoms with Gasteiger partial charge in [0, 0.05) is 55.5 Å². The van der Waals surface area contributed by atoms with Gasteiger partial charge in [0.25, 0.3) is 5.56 Å². The molecule has 0 spiro atoms. The summed E-state index contributed by atoms with van der Waals surface area (Å²) in [6.45, 7) is 4.37. The summed E-state index contributed by atoms with van der Waals surface area (Å²) in [5.41, 5.74) is 16.8. The molecule has 2 aromatic heterocycles. The third-order valence-corrected chi connectivity index (χ3v) is 6.48. The van der Waals surface area contributed by atoms with Crippen molar-refractivity contribution < 1.29 is 0 Å². The van der Waals surface area contributed by atoms with Crippen molar-refractivity contribution in [1.82, 2.24) is 19.4 Å². The molecule has 7 nitrogen and oxygen atoms in total. The van der Waals surface area contributed by atoms with Crippen LogP contribution in [-0.4, -0.2) is 39.1 Å². The number of pyridine rings is 1. The predicted molar refractivity (Wildman–Crippen MR) is 121 cm³/mol. The van der Waals surface area contributed by atoms with Gasteiger partial charge in [-0.05, 0) is 42.5 Å².